The first-order valence-electron chi connectivity index (χ1n) is 4.88. The number of alkyl halides is 1. The number of aromatic hydroxyl groups is 1. The standard InChI is InChI=1S/C11H16ClNO/c1-2-8-13(9-7-12)10-3-5-11(14)6-4-10/h3-6,14H,2,7-9H2,1H3. The molecule has 1 rings (SSSR count). The fraction of sp³-hybridized carbons (Fsp3) is 0.455. The highest BCUT2D eigenvalue weighted by Crippen LogP contribution is 2.18. The molecule has 78 valence electrons. The Morgan fingerprint density at radius 1 is 1.21 bits per heavy atom. The molecule has 0 bridgehead atoms. The second-order valence-corrected chi connectivity index (χ2v) is 3.57. The zero-order valence-corrected chi connectivity index (χ0v) is 9.17. The summed E-state index contributed by atoms with van der Waals surface area (Å²) in [5, 5.41) is 9.15. The Hall–Kier alpha value is -0.890. The molecule has 0 heterocycles. The Labute approximate surface area is 90.1 Å². The van der Waals surface area contributed by atoms with E-state index in [4.69, 9.17) is 16.7 Å². The van der Waals surface area contributed by atoms with Crippen molar-refractivity contribution in [1.82, 2.24) is 0 Å². The number of phenols is 1. The van der Waals surface area contributed by atoms with E-state index in [0.29, 0.717) is 11.6 Å². The fourth-order valence-electron chi connectivity index (χ4n) is 1.41. The molecular formula is C11H16ClNO. The van der Waals surface area contributed by atoms with Gasteiger partial charge in [-0.1, -0.05) is 6.92 Å². The van der Waals surface area contributed by atoms with Crippen LogP contribution in [0.2, 0.25) is 0 Å². The van der Waals surface area contributed by atoms with Crippen LogP contribution in [0.25, 0.3) is 0 Å². The Bertz CT molecular complexity index is 254. The Morgan fingerprint density at radius 3 is 2.36 bits per heavy atom. The van der Waals surface area contributed by atoms with Gasteiger partial charge in [-0.2, -0.15) is 0 Å². The second-order valence-electron chi connectivity index (χ2n) is 3.19. The van der Waals surface area contributed by atoms with Crippen molar-refractivity contribution < 1.29 is 5.11 Å². The van der Waals surface area contributed by atoms with E-state index in [9.17, 15) is 0 Å². The minimum Gasteiger partial charge on any atom is -0.508 e. The van der Waals surface area contributed by atoms with Gasteiger partial charge in [0, 0.05) is 24.7 Å². The number of hydrogen-bond donors (Lipinski definition) is 1. The van der Waals surface area contributed by atoms with Gasteiger partial charge in [0.2, 0.25) is 0 Å². The number of halogens is 1. The van der Waals surface area contributed by atoms with Crippen molar-refractivity contribution in [2.45, 2.75) is 13.3 Å². The van der Waals surface area contributed by atoms with Gasteiger partial charge in [0.25, 0.3) is 0 Å². The van der Waals surface area contributed by atoms with Crippen LogP contribution in [0.3, 0.4) is 0 Å². The third-order valence-corrected chi connectivity index (χ3v) is 2.23. The number of benzene rings is 1. The predicted molar refractivity (Wildman–Crippen MR) is 61.3 cm³/mol. The first-order chi connectivity index (χ1) is 6.77. The Balaban J connectivity index is 2.71. The lowest BCUT2D eigenvalue weighted by Gasteiger charge is -2.23. The van der Waals surface area contributed by atoms with Crippen molar-refractivity contribution in [2.75, 3.05) is 23.9 Å². The maximum atomic E-state index is 9.15. The lowest BCUT2D eigenvalue weighted by molar-refractivity contribution is 0.475. The molecule has 0 amide bonds. The maximum absolute atomic E-state index is 9.15. The highest BCUT2D eigenvalue weighted by molar-refractivity contribution is 6.18. The normalized spacial score (nSPS) is 10.1. The molecule has 0 radical (unpaired) electrons. The predicted octanol–water partition coefficient (Wildman–Crippen LogP) is 2.85. The number of rotatable bonds is 5. The van der Waals surface area contributed by atoms with Gasteiger partial charge in [0.15, 0.2) is 0 Å². The summed E-state index contributed by atoms with van der Waals surface area (Å²) in [6.45, 7) is 3.99. The van der Waals surface area contributed by atoms with Gasteiger partial charge in [-0.15, -0.1) is 11.6 Å². The van der Waals surface area contributed by atoms with Crippen LogP contribution in [0.15, 0.2) is 24.3 Å². The molecule has 0 atom stereocenters. The molecular weight excluding hydrogens is 198 g/mol. The van der Waals surface area contributed by atoms with Crippen LogP contribution in [-0.2, 0) is 0 Å². The fourth-order valence-corrected chi connectivity index (χ4v) is 1.61. The van der Waals surface area contributed by atoms with Gasteiger partial charge in [0.1, 0.15) is 5.75 Å². The van der Waals surface area contributed by atoms with Crippen LogP contribution in [0, 0.1) is 0 Å². The van der Waals surface area contributed by atoms with Crippen molar-refractivity contribution in [3.8, 4) is 5.75 Å². The molecule has 0 saturated carbocycles. The summed E-state index contributed by atoms with van der Waals surface area (Å²) < 4.78 is 0. The Kier molecular flexibility index (Phi) is 4.60. The number of hydrogen-bond acceptors (Lipinski definition) is 2. The number of phenolic OH excluding ortho intramolecular Hbond substituents is 1. The molecule has 14 heavy (non-hydrogen) atoms. The number of anilines is 1. The minimum atomic E-state index is 0.302. The molecule has 0 saturated heterocycles. The molecule has 1 N–H and O–H groups in total. The van der Waals surface area contributed by atoms with Gasteiger partial charge in [0.05, 0.1) is 0 Å². The summed E-state index contributed by atoms with van der Waals surface area (Å²) in [6, 6.07) is 7.23. The van der Waals surface area contributed by atoms with Crippen LogP contribution in [-0.4, -0.2) is 24.1 Å². The van der Waals surface area contributed by atoms with Crippen LogP contribution in [0.4, 0.5) is 5.69 Å². The average Bonchev–Trinajstić information content (AvgIpc) is 2.19. The average molecular weight is 214 g/mol. The third kappa shape index (κ3) is 3.11. The van der Waals surface area contributed by atoms with Gasteiger partial charge >= 0.3 is 0 Å². The summed E-state index contributed by atoms with van der Waals surface area (Å²) in [5.41, 5.74) is 1.12. The topological polar surface area (TPSA) is 23.5 Å². The number of nitrogens with zero attached hydrogens (tertiary/aromatic N) is 1. The van der Waals surface area contributed by atoms with Gasteiger partial charge in [-0.05, 0) is 30.7 Å². The van der Waals surface area contributed by atoms with Crippen molar-refractivity contribution in [1.29, 1.82) is 0 Å². The van der Waals surface area contributed by atoms with E-state index in [0.717, 1.165) is 25.2 Å². The van der Waals surface area contributed by atoms with Crippen molar-refractivity contribution in [2.24, 2.45) is 0 Å². The van der Waals surface area contributed by atoms with Crippen molar-refractivity contribution in [3.63, 3.8) is 0 Å². The van der Waals surface area contributed by atoms with Gasteiger partial charge < -0.3 is 10.0 Å². The first-order valence-corrected chi connectivity index (χ1v) is 5.41. The Morgan fingerprint density at radius 2 is 1.86 bits per heavy atom. The summed E-state index contributed by atoms with van der Waals surface area (Å²) in [6.07, 6.45) is 1.10. The van der Waals surface area contributed by atoms with Crippen LogP contribution >= 0.6 is 11.6 Å². The molecule has 0 aliphatic heterocycles. The van der Waals surface area contributed by atoms with E-state index in [1.54, 1.807) is 12.1 Å². The second kappa shape index (κ2) is 5.76. The zero-order valence-electron chi connectivity index (χ0n) is 8.41. The highest BCUT2D eigenvalue weighted by atomic mass is 35.5. The summed E-state index contributed by atoms with van der Waals surface area (Å²) in [7, 11) is 0. The van der Waals surface area contributed by atoms with E-state index in [1.807, 2.05) is 12.1 Å². The smallest absolute Gasteiger partial charge is 0.115 e. The van der Waals surface area contributed by atoms with E-state index >= 15 is 0 Å². The van der Waals surface area contributed by atoms with E-state index in [1.165, 1.54) is 0 Å². The van der Waals surface area contributed by atoms with Crippen molar-refractivity contribution >= 4 is 17.3 Å². The first kappa shape index (κ1) is 11.2. The van der Waals surface area contributed by atoms with Crippen LogP contribution in [0.5, 0.6) is 5.75 Å². The lowest BCUT2D eigenvalue weighted by Crippen LogP contribution is -2.25. The van der Waals surface area contributed by atoms with E-state index < -0.39 is 0 Å². The summed E-state index contributed by atoms with van der Waals surface area (Å²) >= 11 is 5.72. The minimum absolute atomic E-state index is 0.302. The molecule has 3 heteroatoms. The molecule has 0 unspecified atom stereocenters. The molecule has 1 aromatic rings. The lowest BCUT2D eigenvalue weighted by atomic mass is 10.2. The van der Waals surface area contributed by atoms with Crippen LogP contribution in [0.1, 0.15) is 13.3 Å². The highest BCUT2D eigenvalue weighted by Gasteiger charge is 2.03. The van der Waals surface area contributed by atoms with Crippen molar-refractivity contribution in [3.05, 3.63) is 24.3 Å². The van der Waals surface area contributed by atoms with Crippen LogP contribution < -0.4 is 4.90 Å². The monoisotopic (exact) mass is 213 g/mol. The maximum Gasteiger partial charge on any atom is 0.115 e. The largest absolute Gasteiger partial charge is 0.508 e. The molecule has 0 aromatic heterocycles. The molecule has 2 nitrogen and oxygen atoms in total. The summed E-state index contributed by atoms with van der Waals surface area (Å²) in [5.74, 6) is 0.928. The molecule has 0 fully saturated rings. The quantitative estimate of drug-likeness (QED) is 0.761. The molecule has 0 aliphatic rings. The SMILES string of the molecule is CCCN(CCCl)c1ccc(O)cc1. The molecule has 0 aliphatic carbocycles. The zero-order chi connectivity index (χ0) is 10.4. The molecule has 0 spiro atoms. The summed E-state index contributed by atoms with van der Waals surface area (Å²) in [4.78, 5) is 2.21. The van der Waals surface area contributed by atoms with Gasteiger partial charge in [-0.3, -0.25) is 0 Å². The van der Waals surface area contributed by atoms with E-state index in [-0.39, 0.29) is 0 Å². The van der Waals surface area contributed by atoms with Gasteiger partial charge in [-0.25, -0.2) is 0 Å². The van der Waals surface area contributed by atoms with E-state index in [2.05, 4.69) is 11.8 Å². The molecule has 1 aromatic carbocycles. The third-order valence-electron chi connectivity index (χ3n) is 2.06.